The van der Waals surface area contributed by atoms with Crippen molar-refractivity contribution in [1.82, 2.24) is 0 Å². The first-order valence-electron chi connectivity index (χ1n) is 8.65. The molecule has 2 rings (SSSR count). The van der Waals surface area contributed by atoms with Crippen LogP contribution in [0.5, 0.6) is 11.5 Å². The lowest BCUT2D eigenvalue weighted by molar-refractivity contribution is -0.120. The summed E-state index contributed by atoms with van der Waals surface area (Å²) in [5, 5.41) is 8.89. The molecule has 136 valence electrons. The molecule has 1 amide bonds. The maximum Gasteiger partial charge on any atom is 0.264 e. The number of hydrogen-bond acceptors (Lipinski definition) is 4. The van der Waals surface area contributed by atoms with Crippen LogP contribution in [0.2, 0.25) is 0 Å². The van der Waals surface area contributed by atoms with E-state index in [9.17, 15) is 4.79 Å². The van der Waals surface area contributed by atoms with Crippen molar-refractivity contribution in [3.63, 3.8) is 0 Å². The second-order valence-electron chi connectivity index (χ2n) is 5.94. The molecule has 5 nitrogen and oxygen atoms in total. The van der Waals surface area contributed by atoms with Crippen LogP contribution in [0.25, 0.3) is 0 Å². The van der Waals surface area contributed by atoms with E-state index in [0.717, 1.165) is 22.6 Å². The van der Waals surface area contributed by atoms with Crippen LogP contribution in [0.15, 0.2) is 42.5 Å². The van der Waals surface area contributed by atoms with Gasteiger partial charge in [-0.2, -0.15) is 5.26 Å². The summed E-state index contributed by atoms with van der Waals surface area (Å²) >= 11 is 0. The number of amides is 1. The van der Waals surface area contributed by atoms with Gasteiger partial charge in [-0.3, -0.25) is 4.79 Å². The fraction of sp³-hybridized carbons (Fsp3) is 0.333. The van der Waals surface area contributed by atoms with Gasteiger partial charge >= 0.3 is 0 Å². The molecule has 0 spiro atoms. The topological polar surface area (TPSA) is 62.6 Å². The number of carbonyl (C=O) groups is 1. The molecule has 0 heterocycles. The highest BCUT2D eigenvalue weighted by Crippen LogP contribution is 2.22. The van der Waals surface area contributed by atoms with Crippen molar-refractivity contribution in [2.24, 2.45) is 0 Å². The third kappa shape index (κ3) is 5.25. The molecular weight excluding hydrogens is 328 g/mol. The summed E-state index contributed by atoms with van der Waals surface area (Å²) in [6.07, 6.45) is 0.252. The molecule has 5 heteroatoms. The van der Waals surface area contributed by atoms with Crippen LogP contribution >= 0.6 is 0 Å². The average Bonchev–Trinajstić information content (AvgIpc) is 2.63. The van der Waals surface area contributed by atoms with Gasteiger partial charge < -0.3 is 14.4 Å². The molecule has 0 aliphatic heterocycles. The standard InChI is InChI=1S/C21H24N2O3/c1-4-25-19-9-7-18(8-10-19)23(13-5-12-22)21(24)15-26-20-11-6-16(2)14-17(20)3/h6-11,14H,4-5,13,15H2,1-3H3. The maximum atomic E-state index is 12.7. The van der Waals surface area contributed by atoms with Gasteiger partial charge in [0.2, 0.25) is 0 Å². The molecule has 0 unspecified atom stereocenters. The highest BCUT2D eigenvalue weighted by atomic mass is 16.5. The molecule has 0 aliphatic rings. The van der Waals surface area contributed by atoms with Gasteiger partial charge in [0.15, 0.2) is 6.61 Å². The molecule has 26 heavy (non-hydrogen) atoms. The normalized spacial score (nSPS) is 10.1. The number of carbonyl (C=O) groups excluding carboxylic acids is 1. The van der Waals surface area contributed by atoms with Gasteiger partial charge in [-0.15, -0.1) is 0 Å². The number of nitrogens with zero attached hydrogens (tertiary/aromatic N) is 2. The predicted octanol–water partition coefficient (Wildman–Crippen LogP) is 4.03. The third-order valence-corrected chi connectivity index (χ3v) is 3.89. The molecule has 0 aromatic heterocycles. The Labute approximate surface area is 154 Å². The second kappa shape index (κ2) is 9.47. The van der Waals surface area contributed by atoms with Gasteiger partial charge in [0.05, 0.1) is 19.1 Å². The largest absolute Gasteiger partial charge is 0.494 e. The Morgan fingerprint density at radius 1 is 1.12 bits per heavy atom. The molecule has 0 saturated heterocycles. The number of hydrogen-bond donors (Lipinski definition) is 0. The van der Waals surface area contributed by atoms with E-state index in [4.69, 9.17) is 14.7 Å². The minimum absolute atomic E-state index is 0.0808. The van der Waals surface area contributed by atoms with E-state index in [1.165, 1.54) is 0 Å². The highest BCUT2D eigenvalue weighted by Gasteiger charge is 2.17. The lowest BCUT2D eigenvalue weighted by atomic mass is 10.1. The monoisotopic (exact) mass is 352 g/mol. The molecule has 0 bridgehead atoms. The molecule has 0 aliphatic carbocycles. The van der Waals surface area contributed by atoms with Crippen LogP contribution in [-0.2, 0) is 4.79 Å². The minimum atomic E-state index is -0.190. The summed E-state index contributed by atoms with van der Waals surface area (Å²) in [5.74, 6) is 1.25. The number of nitriles is 1. The number of anilines is 1. The van der Waals surface area contributed by atoms with E-state index < -0.39 is 0 Å². The number of rotatable bonds is 8. The Hall–Kier alpha value is -3.00. The van der Waals surface area contributed by atoms with E-state index in [1.54, 1.807) is 4.90 Å². The maximum absolute atomic E-state index is 12.7. The van der Waals surface area contributed by atoms with E-state index in [1.807, 2.05) is 63.2 Å². The van der Waals surface area contributed by atoms with E-state index in [0.29, 0.717) is 18.9 Å². The summed E-state index contributed by atoms with van der Waals surface area (Å²) in [6, 6.07) is 15.2. The molecule has 0 N–H and O–H groups in total. The summed E-state index contributed by atoms with van der Waals surface area (Å²) in [4.78, 5) is 14.2. The van der Waals surface area contributed by atoms with Gasteiger partial charge in [0.25, 0.3) is 5.91 Å². The molecule has 2 aromatic rings. The number of ether oxygens (including phenoxy) is 2. The highest BCUT2D eigenvalue weighted by molar-refractivity contribution is 5.94. The zero-order valence-corrected chi connectivity index (χ0v) is 15.5. The van der Waals surface area contributed by atoms with Crippen molar-refractivity contribution in [3.8, 4) is 17.6 Å². The van der Waals surface area contributed by atoms with Crippen molar-refractivity contribution in [3.05, 3.63) is 53.6 Å². The first kappa shape index (κ1) is 19.3. The summed E-state index contributed by atoms with van der Waals surface area (Å²) in [7, 11) is 0. The zero-order chi connectivity index (χ0) is 18.9. The van der Waals surface area contributed by atoms with E-state index in [2.05, 4.69) is 6.07 Å². The molecule has 2 aromatic carbocycles. The van der Waals surface area contributed by atoms with Crippen LogP contribution in [0.4, 0.5) is 5.69 Å². The molecule has 0 radical (unpaired) electrons. The summed E-state index contributed by atoms with van der Waals surface area (Å²) in [5.41, 5.74) is 2.85. The first-order valence-corrected chi connectivity index (χ1v) is 8.65. The Kier molecular flexibility index (Phi) is 7.04. The van der Waals surface area contributed by atoms with Gasteiger partial charge in [0.1, 0.15) is 11.5 Å². The lowest BCUT2D eigenvalue weighted by Crippen LogP contribution is -2.35. The average molecular weight is 352 g/mol. The first-order chi connectivity index (χ1) is 12.5. The van der Waals surface area contributed by atoms with Crippen molar-refractivity contribution >= 4 is 11.6 Å². The van der Waals surface area contributed by atoms with Crippen molar-refractivity contribution < 1.29 is 14.3 Å². The Balaban J connectivity index is 2.09. The fourth-order valence-electron chi connectivity index (χ4n) is 2.63. The number of aryl methyl sites for hydroxylation is 2. The second-order valence-corrected chi connectivity index (χ2v) is 5.94. The van der Waals surface area contributed by atoms with E-state index in [-0.39, 0.29) is 18.9 Å². The smallest absolute Gasteiger partial charge is 0.264 e. The van der Waals surface area contributed by atoms with Crippen LogP contribution in [-0.4, -0.2) is 25.7 Å². The molecular formula is C21H24N2O3. The van der Waals surface area contributed by atoms with Gasteiger partial charge in [-0.25, -0.2) is 0 Å². The molecule has 0 atom stereocenters. The van der Waals surface area contributed by atoms with Gasteiger partial charge in [0, 0.05) is 12.2 Å². The summed E-state index contributed by atoms with van der Waals surface area (Å²) in [6.45, 7) is 6.70. The third-order valence-electron chi connectivity index (χ3n) is 3.89. The predicted molar refractivity (Wildman–Crippen MR) is 102 cm³/mol. The van der Waals surface area contributed by atoms with Crippen molar-refractivity contribution in [1.29, 1.82) is 5.26 Å². The van der Waals surface area contributed by atoms with Gasteiger partial charge in [-0.05, 0) is 56.7 Å². The minimum Gasteiger partial charge on any atom is -0.494 e. The lowest BCUT2D eigenvalue weighted by Gasteiger charge is -2.22. The Morgan fingerprint density at radius 2 is 1.85 bits per heavy atom. The van der Waals surface area contributed by atoms with Crippen molar-refractivity contribution in [2.75, 3.05) is 24.7 Å². The van der Waals surface area contributed by atoms with Gasteiger partial charge in [-0.1, -0.05) is 17.7 Å². The Morgan fingerprint density at radius 3 is 2.46 bits per heavy atom. The quantitative estimate of drug-likeness (QED) is 0.720. The van der Waals surface area contributed by atoms with Crippen LogP contribution in [0.1, 0.15) is 24.5 Å². The van der Waals surface area contributed by atoms with Crippen LogP contribution < -0.4 is 14.4 Å². The van der Waals surface area contributed by atoms with Crippen LogP contribution in [0, 0.1) is 25.2 Å². The summed E-state index contributed by atoms with van der Waals surface area (Å²) < 4.78 is 11.1. The van der Waals surface area contributed by atoms with E-state index >= 15 is 0 Å². The zero-order valence-electron chi connectivity index (χ0n) is 15.5. The van der Waals surface area contributed by atoms with Crippen LogP contribution in [0.3, 0.4) is 0 Å². The SMILES string of the molecule is CCOc1ccc(N(CCC#N)C(=O)COc2ccc(C)cc2C)cc1. The molecule has 0 saturated carbocycles. The van der Waals surface area contributed by atoms with Crippen molar-refractivity contribution in [2.45, 2.75) is 27.2 Å². The Bertz CT molecular complexity index is 779. The molecule has 0 fully saturated rings. The fourth-order valence-corrected chi connectivity index (χ4v) is 2.63. The number of benzene rings is 2.